The minimum absolute atomic E-state index is 0.566. The lowest BCUT2D eigenvalue weighted by atomic mass is 10.2. The molecule has 0 saturated carbocycles. The summed E-state index contributed by atoms with van der Waals surface area (Å²) >= 11 is 0. The summed E-state index contributed by atoms with van der Waals surface area (Å²) in [4.78, 5) is 0. The van der Waals surface area contributed by atoms with Gasteiger partial charge >= 0.3 is 0 Å². The van der Waals surface area contributed by atoms with E-state index in [0.717, 1.165) is 19.8 Å². The zero-order valence-electron chi connectivity index (χ0n) is 10.4. The first-order valence-corrected chi connectivity index (χ1v) is 9.46. The van der Waals surface area contributed by atoms with Crippen molar-refractivity contribution in [3.05, 3.63) is 29.8 Å². The minimum Gasteiger partial charge on any atom is -0.378 e. The monoisotopic (exact) mass is 235 g/mol. The predicted octanol–water partition coefficient (Wildman–Crippen LogP) is 1.72. The molecule has 0 bridgehead atoms. The third kappa shape index (κ3) is 2.94. The largest absolute Gasteiger partial charge is 0.378 e. The molecule has 16 heavy (non-hydrogen) atoms. The van der Waals surface area contributed by atoms with Crippen LogP contribution in [0.15, 0.2) is 24.3 Å². The van der Waals surface area contributed by atoms with E-state index >= 15 is 0 Å². The zero-order valence-corrected chi connectivity index (χ0v) is 11.4. The Morgan fingerprint density at radius 1 is 1.19 bits per heavy atom. The summed E-state index contributed by atoms with van der Waals surface area (Å²) in [6, 6.07) is 9.65. The number of ether oxygens (including phenoxy) is 1. The van der Waals surface area contributed by atoms with Crippen molar-refractivity contribution in [2.24, 2.45) is 0 Å². The summed E-state index contributed by atoms with van der Waals surface area (Å²) in [6.45, 7) is 9.84. The van der Waals surface area contributed by atoms with Gasteiger partial charge in [0.25, 0.3) is 0 Å². The molecule has 1 aliphatic rings. The van der Waals surface area contributed by atoms with Gasteiger partial charge in [0.15, 0.2) is 0 Å². The fourth-order valence-electron chi connectivity index (χ4n) is 1.74. The van der Waals surface area contributed by atoms with E-state index in [4.69, 9.17) is 4.74 Å². The third-order valence-electron chi connectivity index (χ3n) is 3.05. The van der Waals surface area contributed by atoms with Crippen molar-refractivity contribution in [2.45, 2.75) is 32.2 Å². The Morgan fingerprint density at radius 3 is 2.25 bits per heavy atom. The fraction of sp³-hybridized carbons (Fsp3) is 0.538. The van der Waals surface area contributed by atoms with Gasteiger partial charge < -0.3 is 10.1 Å². The van der Waals surface area contributed by atoms with Gasteiger partial charge in [-0.2, -0.15) is 0 Å². The van der Waals surface area contributed by atoms with Crippen LogP contribution in [-0.2, 0) is 11.3 Å². The first-order chi connectivity index (χ1) is 7.55. The average molecular weight is 235 g/mol. The number of hydrogen-bond donors (Lipinski definition) is 1. The van der Waals surface area contributed by atoms with E-state index in [1.54, 1.807) is 0 Å². The van der Waals surface area contributed by atoms with E-state index in [1.165, 1.54) is 10.8 Å². The Kier molecular flexibility index (Phi) is 3.47. The maximum absolute atomic E-state index is 5.13. The first-order valence-electron chi connectivity index (χ1n) is 5.96. The Hall–Kier alpha value is -0.643. The van der Waals surface area contributed by atoms with Crippen molar-refractivity contribution >= 4 is 13.3 Å². The second-order valence-electron chi connectivity index (χ2n) is 5.56. The topological polar surface area (TPSA) is 21.3 Å². The zero-order chi connectivity index (χ0) is 11.6. The summed E-state index contributed by atoms with van der Waals surface area (Å²) in [5.41, 5.74) is 1.37. The highest BCUT2D eigenvalue weighted by molar-refractivity contribution is 6.88. The molecular weight excluding hydrogens is 214 g/mol. The van der Waals surface area contributed by atoms with Crippen LogP contribution in [0.2, 0.25) is 19.6 Å². The summed E-state index contributed by atoms with van der Waals surface area (Å²) < 4.78 is 5.13. The Labute approximate surface area is 99.0 Å². The second kappa shape index (κ2) is 4.70. The summed E-state index contributed by atoms with van der Waals surface area (Å²) in [5.74, 6) is 0. The van der Waals surface area contributed by atoms with Gasteiger partial charge in [-0.3, -0.25) is 0 Å². The van der Waals surface area contributed by atoms with Gasteiger partial charge in [0, 0.05) is 6.54 Å². The highest BCUT2D eigenvalue weighted by atomic mass is 28.3. The molecule has 0 aromatic heterocycles. The Bertz CT molecular complexity index is 338. The third-order valence-corrected chi connectivity index (χ3v) is 5.12. The molecule has 0 radical (unpaired) electrons. The van der Waals surface area contributed by atoms with Gasteiger partial charge in [0.05, 0.1) is 27.3 Å². The molecule has 0 amide bonds. The highest BCUT2D eigenvalue weighted by Gasteiger charge is 2.18. The van der Waals surface area contributed by atoms with E-state index in [0.29, 0.717) is 6.04 Å². The van der Waals surface area contributed by atoms with Crippen molar-refractivity contribution in [3.8, 4) is 0 Å². The quantitative estimate of drug-likeness (QED) is 0.802. The summed E-state index contributed by atoms with van der Waals surface area (Å²) in [5, 5.41) is 5.01. The Balaban J connectivity index is 1.91. The van der Waals surface area contributed by atoms with Crippen molar-refractivity contribution in [2.75, 3.05) is 13.2 Å². The highest BCUT2D eigenvalue weighted by Crippen LogP contribution is 2.06. The van der Waals surface area contributed by atoms with Gasteiger partial charge in [-0.15, -0.1) is 0 Å². The molecule has 1 heterocycles. The van der Waals surface area contributed by atoms with Gasteiger partial charge in [-0.1, -0.05) is 49.1 Å². The van der Waals surface area contributed by atoms with Crippen LogP contribution in [0.4, 0.5) is 0 Å². The van der Waals surface area contributed by atoms with E-state index in [1.807, 2.05) is 0 Å². The SMILES string of the molecule is C[Si](C)(C)c1ccc(CNC2COC2)cc1. The van der Waals surface area contributed by atoms with E-state index in [9.17, 15) is 0 Å². The molecule has 1 aromatic rings. The molecule has 0 aliphatic carbocycles. The van der Waals surface area contributed by atoms with Crippen molar-refractivity contribution in [1.29, 1.82) is 0 Å². The van der Waals surface area contributed by atoms with Crippen LogP contribution in [0.1, 0.15) is 5.56 Å². The number of rotatable bonds is 4. The van der Waals surface area contributed by atoms with Crippen LogP contribution >= 0.6 is 0 Å². The molecule has 1 aliphatic heterocycles. The summed E-state index contributed by atoms with van der Waals surface area (Å²) in [6.07, 6.45) is 0. The molecule has 2 nitrogen and oxygen atoms in total. The van der Waals surface area contributed by atoms with Crippen LogP contribution in [0.3, 0.4) is 0 Å². The normalized spacial score (nSPS) is 17.2. The Morgan fingerprint density at radius 2 is 1.81 bits per heavy atom. The maximum atomic E-state index is 5.13. The van der Waals surface area contributed by atoms with Gasteiger partial charge in [-0.05, 0) is 5.56 Å². The molecule has 1 fully saturated rings. The van der Waals surface area contributed by atoms with Crippen LogP contribution in [0.25, 0.3) is 0 Å². The lowest BCUT2D eigenvalue weighted by molar-refractivity contribution is -0.00578. The van der Waals surface area contributed by atoms with E-state index < -0.39 is 8.07 Å². The molecule has 1 aromatic carbocycles. The molecule has 3 heteroatoms. The lowest BCUT2D eigenvalue weighted by Gasteiger charge is -2.27. The lowest BCUT2D eigenvalue weighted by Crippen LogP contribution is -2.45. The van der Waals surface area contributed by atoms with Crippen LogP contribution in [0.5, 0.6) is 0 Å². The summed E-state index contributed by atoms with van der Waals surface area (Å²) in [7, 11) is -1.14. The maximum Gasteiger partial charge on any atom is 0.0775 e. The molecule has 0 spiro atoms. The van der Waals surface area contributed by atoms with Crippen molar-refractivity contribution in [3.63, 3.8) is 0 Å². The molecule has 2 rings (SSSR count). The van der Waals surface area contributed by atoms with Crippen LogP contribution < -0.4 is 10.5 Å². The molecule has 88 valence electrons. The number of hydrogen-bond acceptors (Lipinski definition) is 2. The molecule has 0 atom stereocenters. The van der Waals surface area contributed by atoms with Gasteiger partial charge in [-0.25, -0.2) is 0 Å². The average Bonchev–Trinajstić information content (AvgIpc) is 2.15. The molecule has 1 saturated heterocycles. The molecule has 1 N–H and O–H groups in total. The van der Waals surface area contributed by atoms with E-state index in [2.05, 4.69) is 49.2 Å². The fourth-order valence-corrected chi connectivity index (χ4v) is 2.91. The smallest absolute Gasteiger partial charge is 0.0775 e. The molecule has 0 unspecified atom stereocenters. The number of nitrogens with one attached hydrogen (secondary N) is 1. The van der Waals surface area contributed by atoms with Crippen molar-refractivity contribution in [1.82, 2.24) is 5.32 Å². The molecular formula is C13H21NOSi. The minimum atomic E-state index is -1.14. The number of benzene rings is 1. The predicted molar refractivity (Wildman–Crippen MR) is 70.9 cm³/mol. The second-order valence-corrected chi connectivity index (χ2v) is 10.6. The van der Waals surface area contributed by atoms with Crippen molar-refractivity contribution < 1.29 is 4.74 Å². The van der Waals surface area contributed by atoms with E-state index in [-0.39, 0.29) is 0 Å². The van der Waals surface area contributed by atoms with Gasteiger partial charge in [0.2, 0.25) is 0 Å². The first kappa shape index (κ1) is 11.8. The van der Waals surface area contributed by atoms with Gasteiger partial charge in [0.1, 0.15) is 0 Å². The standard InChI is InChI=1S/C13H21NOSi/c1-16(2,3)13-6-4-11(5-7-13)8-14-12-9-15-10-12/h4-7,12,14H,8-10H2,1-3H3. The van der Waals surface area contributed by atoms with Crippen LogP contribution in [0, 0.1) is 0 Å². The van der Waals surface area contributed by atoms with Crippen LogP contribution in [-0.4, -0.2) is 27.3 Å².